The third kappa shape index (κ3) is 4.81. The maximum atomic E-state index is 13.5. The summed E-state index contributed by atoms with van der Waals surface area (Å²) in [4.78, 5) is 0. The Bertz CT molecular complexity index is 447. The number of hydrogen-bond acceptors (Lipinski definition) is 4. The van der Waals surface area contributed by atoms with Gasteiger partial charge in [-0.15, -0.1) is 0 Å². The Balaban J connectivity index is 2.34. The normalized spacial score (nSPS) is 10.2. The van der Waals surface area contributed by atoms with Crippen LogP contribution in [0.5, 0.6) is 0 Å². The topological polar surface area (TPSA) is 54.3 Å². The fourth-order valence-corrected chi connectivity index (χ4v) is 1.41. The molecule has 6 heteroatoms. The number of ether oxygens (including phenoxy) is 2. The van der Waals surface area contributed by atoms with Crippen molar-refractivity contribution >= 4 is 5.69 Å². The molecule has 0 aliphatic carbocycles. The molecule has 0 heterocycles. The van der Waals surface area contributed by atoms with Gasteiger partial charge in [0.25, 0.3) is 0 Å². The van der Waals surface area contributed by atoms with Gasteiger partial charge >= 0.3 is 0 Å². The zero-order valence-electron chi connectivity index (χ0n) is 10.7. The molecule has 0 bridgehead atoms. The fraction of sp³-hybridized carbons (Fsp3) is 0.462. The molecule has 0 amide bonds. The number of halogens is 2. The smallest absolute Gasteiger partial charge is 0.183 e. The van der Waals surface area contributed by atoms with Gasteiger partial charge in [0.15, 0.2) is 11.6 Å². The summed E-state index contributed by atoms with van der Waals surface area (Å²) in [6, 6.07) is 4.18. The van der Waals surface area contributed by atoms with Crippen LogP contribution in [0, 0.1) is 23.0 Å². The molecule has 19 heavy (non-hydrogen) atoms. The number of nitriles is 1. The Morgan fingerprint density at radius 2 is 2.00 bits per heavy atom. The minimum Gasteiger partial charge on any atom is -0.383 e. The standard InChI is InChI=1S/C13H16F2N2O2/c1-18-7-8-19-6-2-5-17-11-4-3-10(9-16)12(14)13(11)15/h3-4,17H,2,5-8H2,1H3. The molecule has 0 aromatic heterocycles. The third-order valence-electron chi connectivity index (χ3n) is 2.42. The van der Waals surface area contributed by atoms with Crippen LogP contribution in [0.3, 0.4) is 0 Å². The summed E-state index contributed by atoms with van der Waals surface area (Å²) in [6.45, 7) is 2.01. The molecular weight excluding hydrogens is 254 g/mol. The van der Waals surface area contributed by atoms with Crippen LogP contribution in [-0.4, -0.2) is 33.5 Å². The number of hydrogen-bond donors (Lipinski definition) is 1. The summed E-state index contributed by atoms with van der Waals surface area (Å²) in [5.74, 6) is -2.15. The monoisotopic (exact) mass is 270 g/mol. The molecule has 0 saturated heterocycles. The van der Waals surface area contributed by atoms with Gasteiger partial charge in [0.05, 0.1) is 24.5 Å². The lowest BCUT2D eigenvalue weighted by Gasteiger charge is -2.09. The lowest BCUT2D eigenvalue weighted by atomic mass is 10.2. The third-order valence-corrected chi connectivity index (χ3v) is 2.42. The number of nitrogens with zero attached hydrogens (tertiary/aromatic N) is 1. The molecule has 1 aromatic rings. The van der Waals surface area contributed by atoms with Crippen molar-refractivity contribution < 1.29 is 18.3 Å². The van der Waals surface area contributed by atoms with Gasteiger partial charge in [-0.2, -0.15) is 5.26 Å². The van der Waals surface area contributed by atoms with Crippen LogP contribution >= 0.6 is 0 Å². The van der Waals surface area contributed by atoms with Crippen molar-refractivity contribution in [3.63, 3.8) is 0 Å². The van der Waals surface area contributed by atoms with E-state index in [1.54, 1.807) is 13.2 Å². The first kappa shape index (κ1) is 15.3. The first-order valence-corrected chi connectivity index (χ1v) is 5.89. The van der Waals surface area contributed by atoms with Crippen LogP contribution in [0.1, 0.15) is 12.0 Å². The summed E-state index contributed by atoms with van der Waals surface area (Å²) in [5, 5.41) is 11.3. The van der Waals surface area contributed by atoms with Gasteiger partial charge < -0.3 is 14.8 Å². The Morgan fingerprint density at radius 3 is 2.68 bits per heavy atom. The highest BCUT2D eigenvalue weighted by Crippen LogP contribution is 2.19. The van der Waals surface area contributed by atoms with Gasteiger partial charge in [0.2, 0.25) is 0 Å². The van der Waals surface area contributed by atoms with Crippen molar-refractivity contribution in [3.05, 3.63) is 29.3 Å². The van der Waals surface area contributed by atoms with Crippen molar-refractivity contribution in [2.45, 2.75) is 6.42 Å². The molecule has 0 saturated carbocycles. The van der Waals surface area contributed by atoms with Gasteiger partial charge in [0, 0.05) is 20.3 Å². The SMILES string of the molecule is COCCOCCCNc1ccc(C#N)c(F)c1F. The second-order valence-corrected chi connectivity index (χ2v) is 3.79. The summed E-state index contributed by atoms with van der Waals surface area (Å²) in [6.07, 6.45) is 0.658. The Morgan fingerprint density at radius 1 is 1.21 bits per heavy atom. The van der Waals surface area contributed by atoms with Gasteiger partial charge in [-0.05, 0) is 18.6 Å². The number of rotatable bonds is 8. The highest BCUT2D eigenvalue weighted by molar-refractivity contribution is 5.49. The van der Waals surface area contributed by atoms with E-state index in [0.29, 0.717) is 32.8 Å². The summed E-state index contributed by atoms with van der Waals surface area (Å²) in [5.41, 5.74) is -0.251. The maximum Gasteiger partial charge on any atom is 0.183 e. The van der Waals surface area contributed by atoms with Gasteiger partial charge in [-0.25, -0.2) is 8.78 Å². The summed E-state index contributed by atoms with van der Waals surface area (Å²) in [7, 11) is 1.59. The van der Waals surface area contributed by atoms with E-state index in [9.17, 15) is 8.78 Å². The van der Waals surface area contributed by atoms with E-state index in [-0.39, 0.29) is 11.3 Å². The van der Waals surface area contributed by atoms with E-state index in [2.05, 4.69) is 5.32 Å². The van der Waals surface area contributed by atoms with Crippen LogP contribution in [0.25, 0.3) is 0 Å². The minimum atomic E-state index is -1.12. The van der Waals surface area contributed by atoms with E-state index < -0.39 is 11.6 Å². The van der Waals surface area contributed by atoms with Crippen molar-refractivity contribution in [2.75, 3.05) is 38.8 Å². The lowest BCUT2D eigenvalue weighted by molar-refractivity contribution is 0.0705. The molecule has 0 unspecified atom stereocenters. The van der Waals surface area contributed by atoms with Gasteiger partial charge in [-0.3, -0.25) is 0 Å². The van der Waals surface area contributed by atoms with Crippen LogP contribution in [0.4, 0.5) is 14.5 Å². The molecule has 1 aromatic carbocycles. The highest BCUT2D eigenvalue weighted by atomic mass is 19.2. The zero-order valence-corrected chi connectivity index (χ0v) is 10.7. The highest BCUT2D eigenvalue weighted by Gasteiger charge is 2.12. The van der Waals surface area contributed by atoms with Gasteiger partial charge in [-0.1, -0.05) is 0 Å². The van der Waals surface area contributed by atoms with E-state index in [1.165, 1.54) is 12.1 Å². The number of anilines is 1. The van der Waals surface area contributed by atoms with Crippen LogP contribution < -0.4 is 5.32 Å². The first-order valence-electron chi connectivity index (χ1n) is 5.89. The van der Waals surface area contributed by atoms with Crippen molar-refractivity contribution in [3.8, 4) is 6.07 Å². The Labute approximate surface area is 110 Å². The first-order chi connectivity index (χ1) is 9.20. The molecule has 1 rings (SSSR count). The van der Waals surface area contributed by atoms with E-state index >= 15 is 0 Å². The molecular formula is C13H16F2N2O2. The van der Waals surface area contributed by atoms with E-state index in [4.69, 9.17) is 14.7 Å². The van der Waals surface area contributed by atoms with Crippen LogP contribution in [0.15, 0.2) is 12.1 Å². The van der Waals surface area contributed by atoms with Crippen molar-refractivity contribution in [1.82, 2.24) is 0 Å². The maximum absolute atomic E-state index is 13.5. The molecule has 104 valence electrons. The molecule has 0 atom stereocenters. The lowest BCUT2D eigenvalue weighted by Crippen LogP contribution is -2.09. The average molecular weight is 270 g/mol. The molecule has 0 radical (unpaired) electrons. The Kier molecular flexibility index (Phi) is 6.79. The average Bonchev–Trinajstić information content (AvgIpc) is 2.42. The van der Waals surface area contributed by atoms with Crippen LogP contribution in [0.2, 0.25) is 0 Å². The van der Waals surface area contributed by atoms with E-state index in [0.717, 1.165) is 0 Å². The molecule has 4 nitrogen and oxygen atoms in total. The predicted octanol–water partition coefficient (Wildman–Crippen LogP) is 2.30. The molecule has 0 fully saturated rings. The second-order valence-electron chi connectivity index (χ2n) is 3.79. The molecule has 0 aliphatic rings. The second kappa shape index (κ2) is 8.40. The van der Waals surface area contributed by atoms with E-state index in [1.807, 2.05) is 0 Å². The fourth-order valence-electron chi connectivity index (χ4n) is 1.41. The van der Waals surface area contributed by atoms with Crippen molar-refractivity contribution in [1.29, 1.82) is 5.26 Å². The minimum absolute atomic E-state index is 0.0494. The quantitative estimate of drug-likeness (QED) is 0.736. The number of nitrogens with one attached hydrogen (secondary N) is 1. The zero-order chi connectivity index (χ0) is 14.1. The summed E-state index contributed by atoms with van der Waals surface area (Å²) < 4.78 is 36.8. The molecule has 1 N–H and O–H groups in total. The molecule has 0 spiro atoms. The van der Waals surface area contributed by atoms with Crippen LogP contribution in [-0.2, 0) is 9.47 Å². The molecule has 0 aliphatic heterocycles. The van der Waals surface area contributed by atoms with Crippen molar-refractivity contribution in [2.24, 2.45) is 0 Å². The van der Waals surface area contributed by atoms with Gasteiger partial charge in [0.1, 0.15) is 6.07 Å². The number of benzene rings is 1. The number of methoxy groups -OCH3 is 1. The predicted molar refractivity (Wildman–Crippen MR) is 66.9 cm³/mol. The Hall–Kier alpha value is -1.71. The largest absolute Gasteiger partial charge is 0.383 e. The summed E-state index contributed by atoms with van der Waals surface area (Å²) >= 11 is 0.